The van der Waals surface area contributed by atoms with Crippen molar-refractivity contribution in [3.63, 3.8) is 0 Å². The Morgan fingerprint density at radius 2 is 2.15 bits per heavy atom. The van der Waals surface area contributed by atoms with E-state index in [1.165, 1.54) is 11.8 Å². The number of nitrogens with zero attached hydrogens (tertiary/aromatic N) is 4. The zero-order valence-electron chi connectivity index (χ0n) is 15.8. The van der Waals surface area contributed by atoms with Crippen LogP contribution in [0.4, 0.5) is 11.6 Å². The fourth-order valence-corrected chi connectivity index (χ4v) is 3.71. The van der Waals surface area contributed by atoms with Crippen molar-refractivity contribution in [3.8, 4) is 5.75 Å². The van der Waals surface area contributed by atoms with Gasteiger partial charge < -0.3 is 19.7 Å². The molecule has 0 spiro atoms. The number of hydrogen-bond donors (Lipinski definition) is 1. The van der Waals surface area contributed by atoms with Crippen LogP contribution in [-0.2, 0) is 16.1 Å². The summed E-state index contributed by atoms with van der Waals surface area (Å²) in [4.78, 5) is 14.7. The van der Waals surface area contributed by atoms with Gasteiger partial charge in [-0.1, -0.05) is 17.8 Å². The highest BCUT2D eigenvalue weighted by Gasteiger charge is 2.23. The van der Waals surface area contributed by atoms with Gasteiger partial charge in [0.1, 0.15) is 5.75 Å². The lowest BCUT2D eigenvalue weighted by atomic mass is 10.3. The predicted molar refractivity (Wildman–Crippen MR) is 106 cm³/mol. The first-order valence-corrected chi connectivity index (χ1v) is 9.87. The molecule has 2 heterocycles. The third-order valence-corrected chi connectivity index (χ3v) is 5.38. The van der Waals surface area contributed by atoms with Gasteiger partial charge >= 0.3 is 0 Å². The molecule has 1 aliphatic rings. The van der Waals surface area contributed by atoms with Crippen LogP contribution in [-0.4, -0.2) is 59.3 Å². The average Bonchev–Trinajstić information content (AvgIpc) is 3.11. The number of carbonyl (C=O) groups excluding carboxylic acids is 1. The first-order valence-electron chi connectivity index (χ1n) is 8.99. The zero-order valence-corrected chi connectivity index (χ0v) is 16.7. The van der Waals surface area contributed by atoms with Crippen LogP contribution in [0.5, 0.6) is 5.75 Å². The monoisotopic (exact) mass is 391 g/mol. The van der Waals surface area contributed by atoms with Crippen LogP contribution in [0.1, 0.15) is 13.8 Å². The van der Waals surface area contributed by atoms with E-state index in [0.717, 1.165) is 30.7 Å². The maximum absolute atomic E-state index is 12.6. The standard InChI is InChI=1S/C18H25N5O3S/c1-4-23-17(22-8-10-26-11-9-22)20-21-18(23)27-13(2)16(24)19-14-6-5-7-15(12-14)25-3/h5-7,12-13H,4,8-11H2,1-3H3,(H,19,24)/t13-/m1/s1. The number of aromatic nitrogens is 3. The van der Waals surface area contributed by atoms with Crippen LogP contribution in [0.15, 0.2) is 29.4 Å². The number of morpholine rings is 1. The van der Waals surface area contributed by atoms with Gasteiger partial charge in [0.25, 0.3) is 0 Å². The largest absolute Gasteiger partial charge is 0.497 e. The van der Waals surface area contributed by atoms with Gasteiger partial charge in [-0.05, 0) is 26.0 Å². The molecule has 3 rings (SSSR count). The number of methoxy groups -OCH3 is 1. The molecule has 1 aromatic carbocycles. The Balaban J connectivity index is 1.66. The minimum absolute atomic E-state index is 0.0909. The summed E-state index contributed by atoms with van der Waals surface area (Å²) in [5.74, 6) is 1.45. The first-order chi connectivity index (χ1) is 13.1. The normalized spacial score (nSPS) is 15.4. The summed E-state index contributed by atoms with van der Waals surface area (Å²) >= 11 is 1.41. The van der Waals surface area contributed by atoms with Gasteiger partial charge in [-0.25, -0.2) is 0 Å². The van der Waals surface area contributed by atoms with Crippen molar-refractivity contribution in [2.45, 2.75) is 30.8 Å². The summed E-state index contributed by atoms with van der Waals surface area (Å²) in [6.07, 6.45) is 0. The van der Waals surface area contributed by atoms with Crippen molar-refractivity contribution in [1.29, 1.82) is 0 Å². The minimum atomic E-state index is -0.316. The smallest absolute Gasteiger partial charge is 0.237 e. The van der Waals surface area contributed by atoms with Gasteiger partial charge in [0, 0.05) is 31.4 Å². The lowest BCUT2D eigenvalue weighted by Crippen LogP contribution is -2.38. The van der Waals surface area contributed by atoms with Crippen LogP contribution in [0, 0.1) is 0 Å². The maximum atomic E-state index is 12.6. The molecule has 1 atom stereocenters. The van der Waals surface area contributed by atoms with Gasteiger partial charge in [0.15, 0.2) is 5.16 Å². The highest BCUT2D eigenvalue weighted by molar-refractivity contribution is 8.00. The van der Waals surface area contributed by atoms with Gasteiger partial charge in [-0.3, -0.25) is 9.36 Å². The van der Waals surface area contributed by atoms with E-state index in [1.54, 1.807) is 13.2 Å². The van der Waals surface area contributed by atoms with Crippen LogP contribution >= 0.6 is 11.8 Å². The Bertz CT molecular complexity index is 776. The molecule has 1 aliphatic heterocycles. The lowest BCUT2D eigenvalue weighted by molar-refractivity contribution is -0.115. The van der Waals surface area contributed by atoms with Crippen LogP contribution < -0.4 is 15.0 Å². The van der Waals surface area contributed by atoms with E-state index in [2.05, 4.69) is 27.3 Å². The molecule has 0 aliphatic carbocycles. The third-order valence-electron chi connectivity index (χ3n) is 4.30. The fourth-order valence-electron chi connectivity index (χ4n) is 2.80. The van der Waals surface area contributed by atoms with E-state index < -0.39 is 0 Å². The van der Waals surface area contributed by atoms with E-state index in [1.807, 2.05) is 29.7 Å². The zero-order chi connectivity index (χ0) is 19.2. The van der Waals surface area contributed by atoms with Crippen molar-refractivity contribution < 1.29 is 14.3 Å². The summed E-state index contributed by atoms with van der Waals surface area (Å²) in [5, 5.41) is 12.0. The van der Waals surface area contributed by atoms with Crippen molar-refractivity contribution in [3.05, 3.63) is 24.3 Å². The molecule has 2 aromatic rings. The van der Waals surface area contributed by atoms with Crippen molar-refractivity contribution in [2.75, 3.05) is 43.6 Å². The summed E-state index contributed by atoms with van der Waals surface area (Å²) in [5.41, 5.74) is 0.706. The Hall–Kier alpha value is -2.26. The predicted octanol–water partition coefficient (Wildman–Crippen LogP) is 2.26. The molecule has 146 valence electrons. The topological polar surface area (TPSA) is 81.5 Å². The Morgan fingerprint density at radius 1 is 1.37 bits per heavy atom. The van der Waals surface area contributed by atoms with E-state index in [4.69, 9.17) is 9.47 Å². The van der Waals surface area contributed by atoms with Crippen LogP contribution in [0.25, 0.3) is 0 Å². The van der Waals surface area contributed by atoms with E-state index >= 15 is 0 Å². The minimum Gasteiger partial charge on any atom is -0.497 e. The van der Waals surface area contributed by atoms with Crippen LogP contribution in [0.3, 0.4) is 0 Å². The quantitative estimate of drug-likeness (QED) is 0.725. The highest BCUT2D eigenvalue weighted by Crippen LogP contribution is 2.27. The maximum Gasteiger partial charge on any atom is 0.237 e. The molecule has 8 nitrogen and oxygen atoms in total. The van der Waals surface area contributed by atoms with E-state index in [-0.39, 0.29) is 11.2 Å². The number of thioether (sulfide) groups is 1. The van der Waals surface area contributed by atoms with Crippen molar-refractivity contribution in [2.24, 2.45) is 0 Å². The second-order valence-corrected chi connectivity index (χ2v) is 7.42. The molecule has 0 saturated carbocycles. The Morgan fingerprint density at radius 3 is 2.85 bits per heavy atom. The summed E-state index contributed by atoms with van der Waals surface area (Å²) in [6, 6.07) is 7.31. The number of carbonyl (C=O) groups is 1. The molecule has 1 amide bonds. The highest BCUT2D eigenvalue weighted by atomic mass is 32.2. The van der Waals surface area contributed by atoms with Crippen molar-refractivity contribution in [1.82, 2.24) is 14.8 Å². The molecular weight excluding hydrogens is 366 g/mol. The molecule has 0 unspecified atom stereocenters. The van der Waals surface area contributed by atoms with Crippen molar-refractivity contribution >= 4 is 29.3 Å². The number of rotatable bonds is 7. The second-order valence-electron chi connectivity index (χ2n) is 6.11. The molecule has 0 bridgehead atoms. The number of anilines is 2. The van der Waals surface area contributed by atoms with Gasteiger partial charge in [0.05, 0.1) is 25.6 Å². The van der Waals surface area contributed by atoms with Gasteiger partial charge in [-0.15, -0.1) is 10.2 Å². The number of hydrogen-bond acceptors (Lipinski definition) is 7. The molecule has 1 aromatic heterocycles. The summed E-state index contributed by atoms with van der Waals surface area (Å²) in [6.45, 7) is 7.65. The Labute approximate surface area is 163 Å². The van der Waals surface area contributed by atoms with E-state index in [0.29, 0.717) is 24.7 Å². The summed E-state index contributed by atoms with van der Waals surface area (Å²) in [7, 11) is 1.60. The molecule has 1 saturated heterocycles. The number of benzene rings is 1. The van der Waals surface area contributed by atoms with Gasteiger partial charge in [0.2, 0.25) is 11.9 Å². The first kappa shape index (κ1) is 19.5. The molecule has 1 N–H and O–H groups in total. The SMILES string of the molecule is CCn1c(S[C@H](C)C(=O)Nc2cccc(OC)c2)nnc1N1CCOCC1. The molecule has 9 heteroatoms. The molecule has 1 fully saturated rings. The lowest BCUT2D eigenvalue weighted by Gasteiger charge is -2.27. The van der Waals surface area contributed by atoms with Crippen LogP contribution in [0.2, 0.25) is 0 Å². The number of nitrogens with one attached hydrogen (secondary N) is 1. The summed E-state index contributed by atoms with van der Waals surface area (Å²) < 4.78 is 12.6. The van der Waals surface area contributed by atoms with Gasteiger partial charge in [-0.2, -0.15) is 0 Å². The molecular formula is C18H25N5O3S. The average molecular weight is 391 g/mol. The molecule has 0 radical (unpaired) electrons. The number of amides is 1. The molecule has 27 heavy (non-hydrogen) atoms. The third kappa shape index (κ3) is 4.72. The Kier molecular flexibility index (Phi) is 6.57. The number of ether oxygens (including phenoxy) is 2. The van der Waals surface area contributed by atoms with E-state index in [9.17, 15) is 4.79 Å². The second kappa shape index (κ2) is 9.09. The fraction of sp³-hybridized carbons (Fsp3) is 0.500.